The smallest absolute Gasteiger partial charge is 0.289 e. The lowest BCUT2D eigenvalue weighted by molar-refractivity contribution is 0.112. The van der Waals surface area contributed by atoms with Gasteiger partial charge in [-0.25, -0.2) is 4.68 Å². The second kappa shape index (κ2) is 5.54. The summed E-state index contributed by atoms with van der Waals surface area (Å²) in [5.41, 5.74) is -0.0164. The van der Waals surface area contributed by atoms with Gasteiger partial charge in [-0.3, -0.25) is 9.59 Å². The third kappa shape index (κ3) is 2.85. The minimum Gasteiger partial charge on any atom is -0.454 e. The molecule has 0 fully saturated rings. The molecule has 2 rings (SSSR count). The average molecular weight is 344 g/mol. The molecule has 0 radical (unpaired) electrons. The fraction of sp³-hybridized carbons (Fsp3) is 0.0833. The zero-order valence-corrected chi connectivity index (χ0v) is 12.1. The van der Waals surface area contributed by atoms with Gasteiger partial charge in [0.05, 0.1) is 6.20 Å². The van der Waals surface area contributed by atoms with Crippen molar-refractivity contribution in [2.75, 3.05) is 0 Å². The van der Waals surface area contributed by atoms with Crippen LogP contribution >= 0.6 is 27.5 Å². The molecule has 0 saturated carbocycles. The van der Waals surface area contributed by atoms with Crippen molar-refractivity contribution in [1.29, 1.82) is 0 Å². The topological polar surface area (TPSA) is 61.2 Å². The molecule has 0 spiro atoms. The Morgan fingerprint density at radius 2 is 2.21 bits per heavy atom. The van der Waals surface area contributed by atoms with Gasteiger partial charge in [0.15, 0.2) is 17.1 Å². The number of halogens is 2. The molecule has 0 aliphatic rings. The maximum absolute atomic E-state index is 11.6. The Bertz CT molecular complexity index is 700. The quantitative estimate of drug-likeness (QED) is 0.804. The summed E-state index contributed by atoms with van der Waals surface area (Å²) in [6.07, 6.45) is 2.03. The highest BCUT2D eigenvalue weighted by Gasteiger charge is 2.10. The van der Waals surface area contributed by atoms with Gasteiger partial charge >= 0.3 is 0 Å². The zero-order chi connectivity index (χ0) is 14.0. The second-order valence-corrected chi connectivity index (χ2v) is 4.89. The van der Waals surface area contributed by atoms with E-state index in [1.807, 2.05) is 0 Å². The van der Waals surface area contributed by atoms with E-state index in [2.05, 4.69) is 21.0 Å². The summed E-state index contributed by atoms with van der Waals surface area (Å²) in [5.74, 6) is 0.534. The van der Waals surface area contributed by atoms with E-state index in [1.54, 1.807) is 12.1 Å². The largest absolute Gasteiger partial charge is 0.454 e. The van der Waals surface area contributed by atoms with Crippen LogP contribution in [0.5, 0.6) is 11.5 Å². The van der Waals surface area contributed by atoms with Crippen molar-refractivity contribution in [2.24, 2.45) is 7.05 Å². The van der Waals surface area contributed by atoms with Gasteiger partial charge in [0.25, 0.3) is 5.56 Å². The number of aromatic nitrogens is 2. The minimum atomic E-state index is -0.452. The number of aldehydes is 1. The first-order valence-corrected chi connectivity index (χ1v) is 6.34. The summed E-state index contributed by atoms with van der Waals surface area (Å²) in [6.45, 7) is 0. The van der Waals surface area contributed by atoms with Crippen LogP contribution in [0.15, 0.2) is 33.7 Å². The van der Waals surface area contributed by atoms with E-state index in [-0.39, 0.29) is 10.8 Å². The van der Waals surface area contributed by atoms with E-state index < -0.39 is 5.56 Å². The first-order chi connectivity index (χ1) is 9.02. The average Bonchev–Trinajstić information content (AvgIpc) is 2.41. The number of hydrogen-bond acceptors (Lipinski definition) is 4. The van der Waals surface area contributed by atoms with E-state index in [4.69, 9.17) is 16.3 Å². The van der Waals surface area contributed by atoms with Gasteiger partial charge in [-0.05, 0) is 18.2 Å². The van der Waals surface area contributed by atoms with Crippen molar-refractivity contribution in [2.45, 2.75) is 0 Å². The summed E-state index contributed by atoms with van der Waals surface area (Å²) in [4.78, 5) is 22.4. The van der Waals surface area contributed by atoms with Crippen molar-refractivity contribution < 1.29 is 9.53 Å². The van der Waals surface area contributed by atoms with E-state index in [0.29, 0.717) is 22.1 Å². The predicted molar refractivity (Wildman–Crippen MR) is 74.1 cm³/mol. The Balaban J connectivity index is 2.39. The van der Waals surface area contributed by atoms with Crippen molar-refractivity contribution >= 4 is 33.8 Å². The van der Waals surface area contributed by atoms with Crippen LogP contribution in [-0.4, -0.2) is 16.1 Å². The number of carbonyl (C=O) groups is 1. The predicted octanol–water partition coefficient (Wildman–Crippen LogP) is 2.80. The first-order valence-electron chi connectivity index (χ1n) is 5.17. The Morgan fingerprint density at radius 3 is 2.89 bits per heavy atom. The number of carbonyl (C=O) groups excluding carboxylic acids is 1. The monoisotopic (exact) mass is 342 g/mol. The molecule has 0 N–H and O–H groups in total. The van der Waals surface area contributed by atoms with Crippen LogP contribution in [0.25, 0.3) is 0 Å². The van der Waals surface area contributed by atoms with Gasteiger partial charge in [-0.1, -0.05) is 27.5 Å². The summed E-state index contributed by atoms with van der Waals surface area (Å²) >= 11 is 9.11. The molecule has 7 heteroatoms. The molecule has 2 aromatic rings. The summed E-state index contributed by atoms with van der Waals surface area (Å²) in [7, 11) is 1.49. The SMILES string of the molecule is Cn1ncc(Oc2ccc(Br)c(C=O)c2)c(Cl)c1=O. The van der Waals surface area contributed by atoms with Crippen molar-refractivity contribution in [1.82, 2.24) is 9.78 Å². The standard InChI is InChI=1S/C12H8BrClN2O3/c1-16-12(18)11(14)10(5-15-16)19-8-2-3-9(13)7(4-8)6-17/h2-6H,1H3. The molecule has 1 aromatic heterocycles. The van der Waals surface area contributed by atoms with Gasteiger partial charge in [0.1, 0.15) is 5.75 Å². The van der Waals surface area contributed by atoms with Gasteiger partial charge in [0.2, 0.25) is 0 Å². The highest BCUT2D eigenvalue weighted by atomic mass is 79.9. The Labute approximate surface area is 121 Å². The number of aryl methyl sites for hydroxylation is 1. The van der Waals surface area contributed by atoms with Crippen LogP contribution in [0.2, 0.25) is 5.02 Å². The Morgan fingerprint density at radius 1 is 1.47 bits per heavy atom. The molecule has 1 aromatic carbocycles. The maximum Gasteiger partial charge on any atom is 0.289 e. The lowest BCUT2D eigenvalue weighted by Crippen LogP contribution is -2.19. The van der Waals surface area contributed by atoms with Crippen molar-refractivity contribution in [3.8, 4) is 11.5 Å². The van der Waals surface area contributed by atoms with Crippen molar-refractivity contribution in [3.63, 3.8) is 0 Å². The molecule has 0 aliphatic carbocycles. The molecule has 0 saturated heterocycles. The molecule has 5 nitrogen and oxygen atoms in total. The third-order valence-corrected chi connectivity index (χ3v) is 3.44. The molecular weight excluding hydrogens is 336 g/mol. The highest BCUT2D eigenvalue weighted by molar-refractivity contribution is 9.10. The number of rotatable bonds is 3. The van der Waals surface area contributed by atoms with Crippen LogP contribution in [0.1, 0.15) is 10.4 Å². The van der Waals surface area contributed by atoms with Gasteiger partial charge in [-0.15, -0.1) is 0 Å². The molecule has 0 aliphatic heterocycles. The number of hydrogen-bond donors (Lipinski definition) is 0. The third-order valence-electron chi connectivity index (χ3n) is 2.37. The van der Waals surface area contributed by atoms with Crippen molar-refractivity contribution in [3.05, 3.63) is 49.8 Å². The van der Waals surface area contributed by atoms with Crippen LogP contribution < -0.4 is 10.3 Å². The van der Waals surface area contributed by atoms with Crippen LogP contribution in [0.3, 0.4) is 0 Å². The van der Waals surface area contributed by atoms with E-state index in [1.165, 1.54) is 19.3 Å². The summed E-state index contributed by atoms with van der Waals surface area (Å²) in [5, 5.41) is 3.75. The van der Waals surface area contributed by atoms with E-state index in [9.17, 15) is 9.59 Å². The van der Waals surface area contributed by atoms with E-state index in [0.717, 1.165) is 4.68 Å². The number of ether oxygens (including phenoxy) is 1. The van der Waals surface area contributed by atoms with Gasteiger partial charge in [-0.2, -0.15) is 5.10 Å². The lowest BCUT2D eigenvalue weighted by atomic mass is 10.2. The maximum atomic E-state index is 11.6. The fourth-order valence-corrected chi connectivity index (χ4v) is 1.92. The molecular formula is C12H8BrClN2O3. The summed E-state index contributed by atoms with van der Waals surface area (Å²) < 4.78 is 7.22. The Hall–Kier alpha value is -1.66. The lowest BCUT2D eigenvalue weighted by Gasteiger charge is -2.08. The van der Waals surface area contributed by atoms with Crippen LogP contribution in [-0.2, 0) is 7.05 Å². The zero-order valence-electron chi connectivity index (χ0n) is 9.76. The van der Waals surface area contributed by atoms with Gasteiger partial charge in [0, 0.05) is 17.1 Å². The fourth-order valence-electron chi connectivity index (χ4n) is 1.37. The second-order valence-electron chi connectivity index (χ2n) is 3.65. The molecule has 0 amide bonds. The van der Waals surface area contributed by atoms with Crippen LogP contribution in [0, 0.1) is 0 Å². The highest BCUT2D eigenvalue weighted by Crippen LogP contribution is 2.28. The summed E-state index contributed by atoms with van der Waals surface area (Å²) in [6, 6.07) is 4.84. The Kier molecular flexibility index (Phi) is 4.01. The van der Waals surface area contributed by atoms with Gasteiger partial charge < -0.3 is 4.74 Å². The number of benzene rings is 1. The number of nitrogens with zero attached hydrogens (tertiary/aromatic N) is 2. The molecule has 0 bridgehead atoms. The first kappa shape index (κ1) is 13.8. The molecule has 0 unspecified atom stereocenters. The van der Waals surface area contributed by atoms with Crippen LogP contribution in [0.4, 0.5) is 0 Å². The molecule has 0 atom stereocenters. The molecule has 1 heterocycles. The normalized spacial score (nSPS) is 10.3. The minimum absolute atomic E-state index is 0.0620. The molecule has 19 heavy (non-hydrogen) atoms. The van der Waals surface area contributed by atoms with E-state index >= 15 is 0 Å². The molecule has 98 valence electrons.